The maximum atomic E-state index is 13.1. The van der Waals surface area contributed by atoms with Crippen LogP contribution in [0.4, 0.5) is 10.2 Å². The maximum Gasteiger partial charge on any atom is 0.292 e. The monoisotopic (exact) mass is 437 g/mol. The van der Waals surface area contributed by atoms with Gasteiger partial charge in [0, 0.05) is 37.1 Å². The number of carbonyl (C=O) groups excluding carboxylic acids is 3. The molecule has 2 aromatic heterocycles. The fourth-order valence-electron chi connectivity index (χ4n) is 3.43. The summed E-state index contributed by atoms with van der Waals surface area (Å²) in [6.07, 6.45) is 5.20. The lowest BCUT2D eigenvalue weighted by Crippen LogP contribution is -2.46. The van der Waals surface area contributed by atoms with Gasteiger partial charge in [0.1, 0.15) is 5.82 Å². The first-order valence-corrected chi connectivity index (χ1v) is 10.0. The van der Waals surface area contributed by atoms with Gasteiger partial charge in [0.15, 0.2) is 17.3 Å². The number of nitrogens with one attached hydrogen (secondary N) is 2. The molecule has 0 radical (unpaired) electrons. The molecule has 0 spiro atoms. The molecule has 0 saturated carbocycles. The summed E-state index contributed by atoms with van der Waals surface area (Å²) < 4.78 is 18.1. The normalized spacial score (nSPS) is 14.1. The smallest absolute Gasteiger partial charge is 0.292 e. The van der Waals surface area contributed by atoms with Crippen molar-refractivity contribution >= 4 is 23.5 Å². The SMILES string of the molecule is O=C(Nc1nccnc1C(=O)NC1CCN(C(=O)c2ccc(F)cc2)CC1)c1ccco1. The number of nitrogens with zero attached hydrogens (tertiary/aromatic N) is 3. The van der Waals surface area contributed by atoms with Gasteiger partial charge in [0.25, 0.3) is 17.7 Å². The zero-order valence-electron chi connectivity index (χ0n) is 17.0. The van der Waals surface area contributed by atoms with Crippen molar-refractivity contribution in [2.45, 2.75) is 18.9 Å². The predicted octanol–water partition coefficient (Wildman–Crippen LogP) is 2.50. The van der Waals surface area contributed by atoms with E-state index in [0.717, 1.165) is 0 Å². The lowest BCUT2D eigenvalue weighted by molar-refractivity contribution is 0.0697. The van der Waals surface area contributed by atoms with E-state index < -0.39 is 17.6 Å². The van der Waals surface area contributed by atoms with Crippen LogP contribution >= 0.6 is 0 Å². The van der Waals surface area contributed by atoms with Crippen LogP contribution in [0.25, 0.3) is 0 Å². The Morgan fingerprint density at radius 1 is 1.00 bits per heavy atom. The summed E-state index contributed by atoms with van der Waals surface area (Å²) >= 11 is 0. The van der Waals surface area contributed by atoms with Crippen molar-refractivity contribution in [3.05, 3.63) is 77.9 Å². The van der Waals surface area contributed by atoms with Crippen LogP contribution in [0.1, 0.15) is 44.2 Å². The van der Waals surface area contributed by atoms with Gasteiger partial charge in [-0.3, -0.25) is 14.4 Å². The van der Waals surface area contributed by atoms with Crippen LogP contribution in [0, 0.1) is 5.82 Å². The minimum absolute atomic E-state index is 0.0165. The average molecular weight is 437 g/mol. The molecule has 0 aliphatic carbocycles. The molecule has 1 saturated heterocycles. The largest absolute Gasteiger partial charge is 0.459 e. The van der Waals surface area contributed by atoms with E-state index in [0.29, 0.717) is 31.5 Å². The Hall–Kier alpha value is -4.08. The molecule has 0 unspecified atom stereocenters. The number of likely N-dealkylation sites (tertiary alicyclic amines) is 1. The molecule has 1 fully saturated rings. The van der Waals surface area contributed by atoms with Crippen LogP contribution in [-0.2, 0) is 0 Å². The van der Waals surface area contributed by atoms with Crippen LogP contribution in [-0.4, -0.2) is 51.7 Å². The van der Waals surface area contributed by atoms with Crippen LogP contribution < -0.4 is 10.6 Å². The van der Waals surface area contributed by atoms with Crippen LogP contribution in [0.5, 0.6) is 0 Å². The van der Waals surface area contributed by atoms with Crippen LogP contribution in [0.15, 0.2) is 59.5 Å². The summed E-state index contributed by atoms with van der Waals surface area (Å²) in [4.78, 5) is 47.3. The Morgan fingerprint density at radius 3 is 2.41 bits per heavy atom. The van der Waals surface area contributed by atoms with E-state index in [1.54, 1.807) is 11.0 Å². The minimum atomic E-state index is -0.544. The molecule has 1 aromatic carbocycles. The number of amides is 3. The highest BCUT2D eigenvalue weighted by molar-refractivity contribution is 6.06. The Morgan fingerprint density at radius 2 is 1.72 bits per heavy atom. The van der Waals surface area contributed by atoms with Gasteiger partial charge in [-0.05, 0) is 49.2 Å². The predicted molar refractivity (Wildman–Crippen MR) is 111 cm³/mol. The van der Waals surface area contributed by atoms with Crippen molar-refractivity contribution in [1.82, 2.24) is 20.2 Å². The fourth-order valence-corrected chi connectivity index (χ4v) is 3.43. The minimum Gasteiger partial charge on any atom is -0.459 e. The zero-order valence-corrected chi connectivity index (χ0v) is 17.0. The molecular formula is C22H20FN5O4. The van der Waals surface area contributed by atoms with E-state index in [-0.39, 0.29) is 29.2 Å². The average Bonchev–Trinajstić information content (AvgIpc) is 3.35. The van der Waals surface area contributed by atoms with Gasteiger partial charge in [-0.25, -0.2) is 14.4 Å². The van der Waals surface area contributed by atoms with E-state index >= 15 is 0 Å². The molecule has 3 amide bonds. The van der Waals surface area contributed by atoms with Crippen molar-refractivity contribution in [2.75, 3.05) is 18.4 Å². The van der Waals surface area contributed by atoms with Gasteiger partial charge >= 0.3 is 0 Å². The topological polar surface area (TPSA) is 117 Å². The number of furan rings is 1. The van der Waals surface area contributed by atoms with Crippen molar-refractivity contribution in [1.29, 1.82) is 0 Å². The van der Waals surface area contributed by atoms with Gasteiger partial charge in [0.2, 0.25) is 0 Å². The van der Waals surface area contributed by atoms with E-state index in [9.17, 15) is 18.8 Å². The van der Waals surface area contributed by atoms with E-state index in [2.05, 4.69) is 20.6 Å². The second-order valence-electron chi connectivity index (χ2n) is 7.23. The van der Waals surface area contributed by atoms with Gasteiger partial charge in [0.05, 0.1) is 6.26 Å². The summed E-state index contributed by atoms with van der Waals surface area (Å²) in [6.45, 7) is 0.896. The van der Waals surface area contributed by atoms with Crippen molar-refractivity contribution in [3.8, 4) is 0 Å². The molecule has 0 atom stereocenters. The lowest BCUT2D eigenvalue weighted by Gasteiger charge is -2.32. The number of piperidine rings is 1. The van der Waals surface area contributed by atoms with Gasteiger partial charge in [-0.2, -0.15) is 0 Å². The number of hydrogen-bond donors (Lipinski definition) is 2. The Bertz CT molecular complexity index is 1110. The molecule has 1 aliphatic rings. The molecule has 10 heteroatoms. The Kier molecular flexibility index (Phi) is 6.20. The molecule has 4 rings (SSSR count). The number of carbonyl (C=O) groups is 3. The third-order valence-electron chi connectivity index (χ3n) is 5.10. The molecule has 3 heterocycles. The second-order valence-corrected chi connectivity index (χ2v) is 7.23. The van der Waals surface area contributed by atoms with Crippen molar-refractivity contribution in [2.24, 2.45) is 0 Å². The lowest BCUT2D eigenvalue weighted by atomic mass is 10.0. The van der Waals surface area contributed by atoms with Crippen molar-refractivity contribution in [3.63, 3.8) is 0 Å². The van der Waals surface area contributed by atoms with Crippen LogP contribution in [0.2, 0.25) is 0 Å². The van der Waals surface area contributed by atoms with Gasteiger partial charge in [-0.15, -0.1) is 0 Å². The highest BCUT2D eigenvalue weighted by Crippen LogP contribution is 2.16. The number of rotatable bonds is 5. The Labute approximate surface area is 182 Å². The molecular weight excluding hydrogens is 417 g/mol. The third kappa shape index (κ3) is 4.80. The summed E-state index contributed by atoms with van der Waals surface area (Å²) in [7, 11) is 0. The zero-order chi connectivity index (χ0) is 22.5. The summed E-state index contributed by atoms with van der Waals surface area (Å²) in [5, 5.41) is 5.42. The number of aromatic nitrogens is 2. The maximum absolute atomic E-state index is 13.1. The molecule has 0 bridgehead atoms. The van der Waals surface area contributed by atoms with E-state index in [1.807, 2.05) is 0 Å². The van der Waals surface area contributed by atoms with E-state index in [4.69, 9.17) is 4.42 Å². The quantitative estimate of drug-likeness (QED) is 0.633. The second kappa shape index (κ2) is 9.38. The third-order valence-corrected chi connectivity index (χ3v) is 5.10. The van der Waals surface area contributed by atoms with Gasteiger partial charge in [-0.1, -0.05) is 0 Å². The number of halogens is 1. The molecule has 2 N–H and O–H groups in total. The standard InChI is InChI=1S/C22H20FN5O4/c23-15-5-3-14(4-6-15)22(31)28-11-7-16(8-12-28)26-21(30)18-19(25-10-9-24-18)27-20(29)17-2-1-13-32-17/h1-6,9-10,13,16H,7-8,11-12H2,(H,26,30)(H,25,27,29). The number of anilines is 1. The first kappa shape index (κ1) is 21.2. The summed E-state index contributed by atoms with van der Waals surface area (Å²) in [5.41, 5.74) is 0.405. The first-order valence-electron chi connectivity index (χ1n) is 10.0. The fraction of sp³-hybridized carbons (Fsp3) is 0.227. The molecule has 9 nitrogen and oxygen atoms in total. The molecule has 3 aromatic rings. The number of benzene rings is 1. The number of hydrogen-bond acceptors (Lipinski definition) is 6. The summed E-state index contributed by atoms with van der Waals surface area (Å²) in [6, 6.07) is 8.32. The molecule has 164 valence electrons. The first-order chi connectivity index (χ1) is 15.5. The highest BCUT2D eigenvalue weighted by Gasteiger charge is 2.26. The Balaban J connectivity index is 1.35. The van der Waals surface area contributed by atoms with Crippen LogP contribution in [0.3, 0.4) is 0 Å². The molecule has 1 aliphatic heterocycles. The molecule has 32 heavy (non-hydrogen) atoms. The van der Waals surface area contributed by atoms with E-state index in [1.165, 1.54) is 49.0 Å². The van der Waals surface area contributed by atoms with Gasteiger partial charge < -0.3 is 20.0 Å². The summed E-state index contributed by atoms with van der Waals surface area (Å²) in [5.74, 6) is -1.48. The van der Waals surface area contributed by atoms with Crippen molar-refractivity contribution < 1.29 is 23.2 Å². The highest BCUT2D eigenvalue weighted by atomic mass is 19.1.